The molecule has 0 spiro atoms. The second-order valence-corrected chi connectivity index (χ2v) is 7.23. The highest BCUT2D eigenvalue weighted by atomic mass is 16.3. The van der Waals surface area contributed by atoms with Crippen LogP contribution in [0, 0.1) is 5.92 Å². The topological polar surface area (TPSA) is 77.7 Å². The molecule has 2 aliphatic rings. The molecule has 4 rings (SSSR count). The fraction of sp³-hybridized carbons (Fsp3) is 0.333. The molecule has 134 valence electrons. The van der Waals surface area contributed by atoms with Crippen LogP contribution in [0.5, 0.6) is 0 Å². The highest BCUT2D eigenvalue weighted by Gasteiger charge is 2.34. The van der Waals surface area contributed by atoms with Crippen molar-refractivity contribution in [1.29, 1.82) is 0 Å². The molecule has 2 aromatic rings. The number of benzene rings is 1. The largest absolute Gasteiger partial charge is 0.394 e. The average molecular weight is 349 g/mol. The number of nitrogens with one attached hydrogen (secondary N) is 1. The molecule has 0 fully saturated rings. The highest BCUT2D eigenvalue weighted by molar-refractivity contribution is 6.02. The number of hydrogen-bond donors (Lipinski definition) is 3. The van der Waals surface area contributed by atoms with Gasteiger partial charge in [-0.2, -0.15) is 0 Å². The number of aliphatic imine (C=N–C) groups is 1. The lowest BCUT2D eigenvalue weighted by Gasteiger charge is -2.33. The van der Waals surface area contributed by atoms with E-state index in [1.54, 1.807) is 6.92 Å². The van der Waals surface area contributed by atoms with Crippen molar-refractivity contribution in [3.63, 3.8) is 0 Å². The molecule has 1 aliphatic carbocycles. The number of aliphatic hydroxyl groups is 2. The maximum Gasteiger partial charge on any atom is 0.0929 e. The Bertz CT molecular complexity index is 913. The van der Waals surface area contributed by atoms with Gasteiger partial charge < -0.3 is 15.5 Å². The summed E-state index contributed by atoms with van der Waals surface area (Å²) in [7, 11) is 0. The van der Waals surface area contributed by atoms with Crippen molar-refractivity contribution in [2.24, 2.45) is 10.9 Å². The van der Waals surface area contributed by atoms with Crippen molar-refractivity contribution in [2.75, 3.05) is 19.8 Å². The molecule has 1 aromatic carbocycles. The van der Waals surface area contributed by atoms with Crippen molar-refractivity contribution in [3.05, 3.63) is 60.5 Å². The summed E-state index contributed by atoms with van der Waals surface area (Å²) in [6.45, 7) is 2.03. The SMILES string of the molecule is CC(CO)(CO)NCC1=Nc2c(ncc3ccccc23)C2C=CC=CC12. The maximum atomic E-state index is 9.55. The van der Waals surface area contributed by atoms with Gasteiger partial charge in [0, 0.05) is 41.1 Å². The predicted molar refractivity (Wildman–Crippen MR) is 104 cm³/mol. The van der Waals surface area contributed by atoms with Gasteiger partial charge in [-0.3, -0.25) is 9.98 Å². The van der Waals surface area contributed by atoms with E-state index >= 15 is 0 Å². The van der Waals surface area contributed by atoms with Crippen LogP contribution in [0.15, 0.2) is 59.8 Å². The van der Waals surface area contributed by atoms with Gasteiger partial charge in [0.2, 0.25) is 0 Å². The second-order valence-electron chi connectivity index (χ2n) is 7.23. The number of aliphatic hydroxyl groups excluding tert-OH is 2. The number of aromatic nitrogens is 1. The zero-order chi connectivity index (χ0) is 18.1. The minimum Gasteiger partial charge on any atom is -0.394 e. The highest BCUT2D eigenvalue weighted by Crippen LogP contribution is 2.43. The Labute approximate surface area is 152 Å². The standard InChI is InChI=1S/C21H23N3O2/c1-21(12-25,13-26)23-11-18-16-8-4-5-9-17(16)19-20(24-18)15-7-3-2-6-14(15)10-22-19/h2-10,16-17,23,25-26H,11-13H2,1H3. The van der Waals surface area contributed by atoms with E-state index in [2.05, 4.69) is 29.6 Å². The van der Waals surface area contributed by atoms with Crippen LogP contribution in [-0.2, 0) is 0 Å². The molecular formula is C21H23N3O2. The summed E-state index contributed by atoms with van der Waals surface area (Å²) >= 11 is 0. The molecule has 5 heteroatoms. The number of fused-ring (bicyclic) bond motifs is 5. The summed E-state index contributed by atoms with van der Waals surface area (Å²) in [6, 6.07) is 8.16. The molecular weight excluding hydrogens is 326 g/mol. The minimum atomic E-state index is -0.733. The number of nitrogens with zero attached hydrogens (tertiary/aromatic N) is 2. The van der Waals surface area contributed by atoms with Gasteiger partial charge in [0.15, 0.2) is 0 Å². The maximum absolute atomic E-state index is 9.55. The molecule has 0 radical (unpaired) electrons. The van der Waals surface area contributed by atoms with Crippen molar-refractivity contribution in [1.82, 2.24) is 10.3 Å². The number of pyridine rings is 1. The van der Waals surface area contributed by atoms with E-state index < -0.39 is 5.54 Å². The van der Waals surface area contributed by atoms with Gasteiger partial charge in [-0.1, -0.05) is 48.6 Å². The zero-order valence-corrected chi connectivity index (χ0v) is 14.8. The van der Waals surface area contributed by atoms with Crippen LogP contribution in [0.2, 0.25) is 0 Å². The predicted octanol–water partition coefficient (Wildman–Crippen LogP) is 2.48. The molecule has 0 saturated heterocycles. The quantitative estimate of drug-likeness (QED) is 0.775. The van der Waals surface area contributed by atoms with Gasteiger partial charge in [0.1, 0.15) is 0 Å². The Morgan fingerprint density at radius 2 is 1.81 bits per heavy atom. The molecule has 1 aliphatic heterocycles. The van der Waals surface area contributed by atoms with E-state index in [0.29, 0.717) is 6.54 Å². The summed E-state index contributed by atoms with van der Waals surface area (Å²) < 4.78 is 0. The van der Waals surface area contributed by atoms with Crippen LogP contribution < -0.4 is 5.32 Å². The van der Waals surface area contributed by atoms with Crippen molar-refractivity contribution in [3.8, 4) is 0 Å². The first kappa shape index (κ1) is 17.1. The van der Waals surface area contributed by atoms with Crippen LogP contribution >= 0.6 is 0 Å². The molecule has 26 heavy (non-hydrogen) atoms. The number of hydrogen-bond acceptors (Lipinski definition) is 5. The molecule has 2 unspecified atom stereocenters. The molecule has 0 amide bonds. The van der Waals surface area contributed by atoms with Crippen LogP contribution in [0.1, 0.15) is 18.5 Å². The monoisotopic (exact) mass is 349 g/mol. The first-order chi connectivity index (χ1) is 12.6. The number of allylic oxidation sites excluding steroid dienone is 4. The molecule has 2 atom stereocenters. The van der Waals surface area contributed by atoms with Gasteiger partial charge in [-0.15, -0.1) is 0 Å². The fourth-order valence-electron chi connectivity index (χ4n) is 3.55. The number of rotatable bonds is 5. The van der Waals surface area contributed by atoms with Crippen molar-refractivity contribution in [2.45, 2.75) is 18.4 Å². The third-order valence-electron chi connectivity index (χ3n) is 5.29. The Hall–Kier alpha value is -2.34. The van der Waals surface area contributed by atoms with Crippen LogP contribution in [0.3, 0.4) is 0 Å². The first-order valence-electron chi connectivity index (χ1n) is 8.92. The van der Waals surface area contributed by atoms with Crippen LogP contribution in [-0.4, -0.2) is 46.2 Å². The summed E-state index contributed by atoms with van der Waals surface area (Å²) in [5.41, 5.74) is 2.19. The first-order valence-corrected chi connectivity index (χ1v) is 8.92. The van der Waals surface area contributed by atoms with Crippen LogP contribution in [0.25, 0.3) is 10.8 Å². The van der Waals surface area contributed by atoms with E-state index in [1.807, 2.05) is 30.5 Å². The van der Waals surface area contributed by atoms with E-state index in [1.165, 1.54) is 0 Å². The lowest BCUT2D eigenvalue weighted by atomic mass is 9.79. The Balaban J connectivity index is 1.78. The Morgan fingerprint density at radius 1 is 1.08 bits per heavy atom. The second kappa shape index (κ2) is 6.76. The van der Waals surface area contributed by atoms with Crippen LogP contribution in [0.4, 0.5) is 5.69 Å². The van der Waals surface area contributed by atoms with E-state index in [0.717, 1.165) is 27.9 Å². The minimum absolute atomic E-state index is 0.135. The lowest BCUT2D eigenvalue weighted by Crippen LogP contribution is -2.51. The van der Waals surface area contributed by atoms with Gasteiger partial charge in [0.05, 0.1) is 30.1 Å². The van der Waals surface area contributed by atoms with E-state index in [4.69, 9.17) is 9.98 Å². The van der Waals surface area contributed by atoms with Gasteiger partial charge in [0.25, 0.3) is 0 Å². The van der Waals surface area contributed by atoms with Crippen molar-refractivity contribution >= 4 is 22.2 Å². The average Bonchev–Trinajstić information content (AvgIpc) is 2.71. The molecule has 0 saturated carbocycles. The van der Waals surface area contributed by atoms with Gasteiger partial charge in [-0.25, -0.2) is 0 Å². The molecule has 0 bridgehead atoms. The van der Waals surface area contributed by atoms with Gasteiger partial charge in [-0.05, 0) is 6.92 Å². The normalized spacial score (nSPS) is 21.4. The third kappa shape index (κ3) is 2.88. The molecule has 3 N–H and O–H groups in total. The molecule has 5 nitrogen and oxygen atoms in total. The smallest absolute Gasteiger partial charge is 0.0929 e. The van der Waals surface area contributed by atoms with Gasteiger partial charge >= 0.3 is 0 Å². The third-order valence-corrected chi connectivity index (χ3v) is 5.29. The lowest BCUT2D eigenvalue weighted by molar-refractivity contribution is 0.108. The summed E-state index contributed by atoms with van der Waals surface area (Å²) in [5, 5.41) is 24.5. The summed E-state index contributed by atoms with van der Waals surface area (Å²) in [5.74, 6) is 0.290. The molecule has 1 aromatic heterocycles. The Kier molecular flexibility index (Phi) is 4.44. The fourth-order valence-corrected chi connectivity index (χ4v) is 3.55. The van der Waals surface area contributed by atoms with E-state index in [-0.39, 0.29) is 25.0 Å². The Morgan fingerprint density at radius 3 is 2.58 bits per heavy atom. The zero-order valence-electron chi connectivity index (χ0n) is 14.8. The summed E-state index contributed by atoms with van der Waals surface area (Å²) in [4.78, 5) is 9.69. The molecule has 2 heterocycles. The van der Waals surface area contributed by atoms with Crippen molar-refractivity contribution < 1.29 is 10.2 Å². The van der Waals surface area contributed by atoms with E-state index in [9.17, 15) is 10.2 Å². The summed E-state index contributed by atoms with van der Waals surface area (Å²) in [6.07, 6.45) is 10.4.